The van der Waals surface area contributed by atoms with Gasteiger partial charge in [-0.25, -0.2) is 0 Å². The predicted octanol–water partition coefficient (Wildman–Crippen LogP) is 4.55. The minimum absolute atomic E-state index is 0.408. The average molecular weight is 260 g/mol. The first-order valence-electron chi connectivity index (χ1n) is 8.91. The Labute approximate surface area is 117 Å². The van der Waals surface area contributed by atoms with Crippen molar-refractivity contribution in [3.05, 3.63) is 0 Å². The molecule has 1 heteroatoms. The van der Waals surface area contributed by atoms with Gasteiger partial charge >= 0.3 is 0 Å². The van der Waals surface area contributed by atoms with Gasteiger partial charge in [0.1, 0.15) is 0 Å². The van der Waals surface area contributed by atoms with E-state index in [1.165, 1.54) is 64.2 Å². The molecule has 5 rings (SSSR count). The van der Waals surface area contributed by atoms with Gasteiger partial charge < -0.3 is 4.74 Å². The summed E-state index contributed by atoms with van der Waals surface area (Å²) in [6.07, 6.45) is 15.5. The summed E-state index contributed by atoms with van der Waals surface area (Å²) in [5, 5.41) is 0. The minimum atomic E-state index is 0.408. The number of rotatable bonds is 0. The van der Waals surface area contributed by atoms with Gasteiger partial charge in [-0.05, 0) is 74.0 Å². The van der Waals surface area contributed by atoms with E-state index in [1.807, 2.05) is 0 Å². The zero-order chi connectivity index (χ0) is 12.7. The standard InChI is InChI=1S/C18H28O/c1-17-8-4-6-14(17)13-11-16-18(19-16)9-3-2-5-15(18)12(13)7-10-17/h12-16H,2-11H2,1H3/t12-,13+,14-,15+,16-,17-,18?/m0/s1. The molecule has 1 heterocycles. The van der Waals surface area contributed by atoms with E-state index in [0.29, 0.717) is 17.1 Å². The Morgan fingerprint density at radius 3 is 2.68 bits per heavy atom. The fourth-order valence-corrected chi connectivity index (χ4v) is 7.19. The number of hydrogen-bond acceptors (Lipinski definition) is 1. The molecule has 4 aliphatic carbocycles. The van der Waals surface area contributed by atoms with Gasteiger partial charge in [0, 0.05) is 0 Å². The van der Waals surface area contributed by atoms with Crippen molar-refractivity contribution in [2.75, 3.05) is 0 Å². The molecule has 1 aliphatic heterocycles. The molecule has 106 valence electrons. The van der Waals surface area contributed by atoms with Crippen LogP contribution in [0.4, 0.5) is 0 Å². The van der Waals surface area contributed by atoms with Crippen LogP contribution >= 0.6 is 0 Å². The first kappa shape index (κ1) is 11.6. The van der Waals surface area contributed by atoms with E-state index in [9.17, 15) is 0 Å². The van der Waals surface area contributed by atoms with Crippen molar-refractivity contribution in [3.8, 4) is 0 Å². The molecule has 1 unspecified atom stereocenters. The lowest BCUT2D eigenvalue weighted by molar-refractivity contribution is -0.0327. The zero-order valence-electron chi connectivity index (χ0n) is 12.4. The van der Waals surface area contributed by atoms with Gasteiger partial charge in [-0.2, -0.15) is 0 Å². The molecule has 5 aliphatic rings. The van der Waals surface area contributed by atoms with E-state index < -0.39 is 0 Å². The Balaban J connectivity index is 1.49. The number of ether oxygens (including phenoxy) is 1. The van der Waals surface area contributed by atoms with Crippen molar-refractivity contribution in [1.82, 2.24) is 0 Å². The molecule has 1 spiro atoms. The van der Waals surface area contributed by atoms with Crippen LogP contribution < -0.4 is 0 Å². The van der Waals surface area contributed by atoms with Gasteiger partial charge in [-0.3, -0.25) is 0 Å². The van der Waals surface area contributed by atoms with E-state index in [0.717, 1.165) is 23.7 Å². The molecule has 0 N–H and O–H groups in total. The van der Waals surface area contributed by atoms with Crippen LogP contribution in [-0.4, -0.2) is 11.7 Å². The second kappa shape index (κ2) is 3.59. The molecule has 1 nitrogen and oxygen atoms in total. The molecule has 0 bridgehead atoms. The third kappa shape index (κ3) is 1.36. The minimum Gasteiger partial charge on any atom is -0.366 e. The lowest BCUT2D eigenvalue weighted by Gasteiger charge is -2.53. The number of fused-ring (bicyclic) bond motifs is 4. The first-order valence-corrected chi connectivity index (χ1v) is 8.91. The Morgan fingerprint density at radius 2 is 1.74 bits per heavy atom. The van der Waals surface area contributed by atoms with E-state index in [-0.39, 0.29) is 0 Å². The molecule has 0 radical (unpaired) electrons. The molecule has 19 heavy (non-hydrogen) atoms. The predicted molar refractivity (Wildman–Crippen MR) is 75.8 cm³/mol. The molecule has 7 atom stereocenters. The van der Waals surface area contributed by atoms with Gasteiger partial charge in [0.05, 0.1) is 11.7 Å². The lowest BCUT2D eigenvalue weighted by Crippen LogP contribution is -2.50. The molecule has 0 aromatic carbocycles. The maximum absolute atomic E-state index is 6.34. The van der Waals surface area contributed by atoms with Crippen LogP contribution in [-0.2, 0) is 4.74 Å². The maximum Gasteiger partial charge on any atom is 0.0979 e. The summed E-state index contributed by atoms with van der Waals surface area (Å²) >= 11 is 0. The highest BCUT2D eigenvalue weighted by Crippen LogP contribution is 2.68. The van der Waals surface area contributed by atoms with Crippen LogP contribution in [0.1, 0.15) is 71.1 Å². The summed E-state index contributed by atoms with van der Waals surface area (Å²) < 4.78 is 6.34. The highest BCUT2D eigenvalue weighted by molar-refractivity contribution is 5.17. The highest BCUT2D eigenvalue weighted by Gasteiger charge is 2.69. The molecule has 1 saturated heterocycles. The van der Waals surface area contributed by atoms with Crippen molar-refractivity contribution >= 4 is 0 Å². The molecular formula is C18H28O. The normalized spacial score (nSPS) is 62.7. The van der Waals surface area contributed by atoms with E-state index in [2.05, 4.69) is 6.92 Å². The third-order valence-electron chi connectivity index (χ3n) is 8.09. The zero-order valence-corrected chi connectivity index (χ0v) is 12.4. The molecule has 4 saturated carbocycles. The highest BCUT2D eigenvalue weighted by atomic mass is 16.6. The largest absolute Gasteiger partial charge is 0.366 e. The van der Waals surface area contributed by atoms with Crippen LogP contribution in [0.25, 0.3) is 0 Å². The van der Waals surface area contributed by atoms with E-state index in [1.54, 1.807) is 0 Å². The number of epoxide rings is 1. The Morgan fingerprint density at radius 1 is 0.842 bits per heavy atom. The van der Waals surface area contributed by atoms with Crippen LogP contribution in [0.2, 0.25) is 0 Å². The second-order valence-corrected chi connectivity index (χ2v) is 8.67. The van der Waals surface area contributed by atoms with Crippen molar-refractivity contribution in [1.29, 1.82) is 0 Å². The second-order valence-electron chi connectivity index (χ2n) is 8.67. The van der Waals surface area contributed by atoms with Crippen molar-refractivity contribution in [2.24, 2.45) is 29.1 Å². The van der Waals surface area contributed by atoms with Gasteiger partial charge in [-0.15, -0.1) is 0 Å². The first-order chi connectivity index (χ1) is 9.23. The van der Waals surface area contributed by atoms with Crippen LogP contribution in [0.3, 0.4) is 0 Å². The summed E-state index contributed by atoms with van der Waals surface area (Å²) in [4.78, 5) is 0. The van der Waals surface area contributed by atoms with Crippen LogP contribution in [0.5, 0.6) is 0 Å². The van der Waals surface area contributed by atoms with Gasteiger partial charge in [0.25, 0.3) is 0 Å². The Kier molecular flexibility index (Phi) is 2.19. The summed E-state index contributed by atoms with van der Waals surface area (Å²) in [6, 6.07) is 0. The molecule has 0 aromatic rings. The summed E-state index contributed by atoms with van der Waals surface area (Å²) in [5.41, 5.74) is 1.12. The maximum atomic E-state index is 6.34. The Hall–Kier alpha value is -0.0400. The fourth-order valence-electron chi connectivity index (χ4n) is 7.19. The van der Waals surface area contributed by atoms with Crippen LogP contribution in [0.15, 0.2) is 0 Å². The van der Waals surface area contributed by atoms with E-state index >= 15 is 0 Å². The fraction of sp³-hybridized carbons (Fsp3) is 1.00. The molecule has 0 amide bonds. The summed E-state index contributed by atoms with van der Waals surface area (Å²) in [5.74, 6) is 4.07. The number of hydrogen-bond donors (Lipinski definition) is 0. The van der Waals surface area contributed by atoms with Crippen molar-refractivity contribution in [3.63, 3.8) is 0 Å². The van der Waals surface area contributed by atoms with Crippen molar-refractivity contribution < 1.29 is 4.74 Å². The van der Waals surface area contributed by atoms with E-state index in [4.69, 9.17) is 4.74 Å². The molecule has 5 fully saturated rings. The lowest BCUT2D eigenvalue weighted by atomic mass is 9.51. The average Bonchev–Trinajstić information content (AvgIpc) is 2.95. The Bertz CT molecular complexity index is 404. The molecular weight excluding hydrogens is 232 g/mol. The smallest absolute Gasteiger partial charge is 0.0979 e. The third-order valence-corrected chi connectivity index (χ3v) is 8.09. The van der Waals surface area contributed by atoms with Gasteiger partial charge in [-0.1, -0.05) is 26.2 Å². The van der Waals surface area contributed by atoms with Crippen LogP contribution in [0, 0.1) is 29.1 Å². The van der Waals surface area contributed by atoms with Gasteiger partial charge in [0.15, 0.2) is 0 Å². The summed E-state index contributed by atoms with van der Waals surface area (Å²) in [6.45, 7) is 2.61. The quantitative estimate of drug-likeness (QED) is 0.582. The van der Waals surface area contributed by atoms with Crippen molar-refractivity contribution in [2.45, 2.75) is 82.8 Å². The van der Waals surface area contributed by atoms with Gasteiger partial charge in [0.2, 0.25) is 0 Å². The summed E-state index contributed by atoms with van der Waals surface area (Å²) in [7, 11) is 0. The monoisotopic (exact) mass is 260 g/mol. The SMILES string of the molecule is C[C@@]12CCC[C@H]1[C@@H]1C[C@@H]3OC34CCCC[C@@H]4[C@H]1CC2. The molecule has 0 aromatic heterocycles. The topological polar surface area (TPSA) is 12.5 Å².